The number of hydrogen-bond donors (Lipinski definition) is 0. The van der Waals surface area contributed by atoms with E-state index in [9.17, 15) is 17.6 Å². The number of sulfonamides is 1. The average Bonchev–Trinajstić information content (AvgIpc) is 3.00. The number of carbonyl (C=O) groups excluding carboxylic acids is 1. The van der Waals surface area contributed by atoms with Crippen LogP contribution in [0.3, 0.4) is 0 Å². The van der Waals surface area contributed by atoms with Gasteiger partial charge in [0.15, 0.2) is 0 Å². The Kier molecular flexibility index (Phi) is 5.56. The molecule has 0 saturated carbocycles. The van der Waals surface area contributed by atoms with Crippen LogP contribution in [-0.2, 0) is 21.2 Å². The maximum Gasteiger partial charge on any atom is 0.243 e. The minimum absolute atomic E-state index is 0.000494. The minimum Gasteiger partial charge on any atom is -0.492 e. The van der Waals surface area contributed by atoms with E-state index in [-0.39, 0.29) is 23.3 Å². The molecule has 0 spiro atoms. The van der Waals surface area contributed by atoms with Crippen LogP contribution in [0.4, 0.5) is 4.39 Å². The summed E-state index contributed by atoms with van der Waals surface area (Å²) < 4.78 is 45.9. The number of benzene rings is 2. The van der Waals surface area contributed by atoms with Gasteiger partial charge in [-0.2, -0.15) is 4.31 Å². The first-order chi connectivity index (χ1) is 13.9. The zero-order valence-electron chi connectivity index (χ0n) is 16.0. The molecule has 0 N–H and O–H groups in total. The summed E-state index contributed by atoms with van der Waals surface area (Å²) in [5.41, 5.74) is 1.02. The van der Waals surface area contributed by atoms with E-state index in [0.29, 0.717) is 39.1 Å². The second-order valence-corrected chi connectivity index (χ2v) is 9.29. The molecule has 1 fully saturated rings. The van der Waals surface area contributed by atoms with Crippen molar-refractivity contribution in [1.29, 1.82) is 0 Å². The Balaban J connectivity index is 1.42. The fourth-order valence-electron chi connectivity index (χ4n) is 3.85. The smallest absolute Gasteiger partial charge is 0.243 e. The molecule has 8 heteroatoms. The van der Waals surface area contributed by atoms with Gasteiger partial charge in [0.1, 0.15) is 18.2 Å². The fourth-order valence-corrected chi connectivity index (χ4v) is 5.32. The fraction of sp³-hybridized carbons (Fsp3) is 0.381. The predicted octanol–water partition coefficient (Wildman–Crippen LogP) is 2.30. The van der Waals surface area contributed by atoms with Crippen LogP contribution in [0.5, 0.6) is 5.75 Å². The number of ether oxygens (including phenoxy) is 1. The average molecular weight is 418 g/mol. The molecular weight excluding hydrogens is 395 g/mol. The highest BCUT2D eigenvalue weighted by Crippen LogP contribution is 2.28. The summed E-state index contributed by atoms with van der Waals surface area (Å²) in [5, 5.41) is 0. The topological polar surface area (TPSA) is 66.9 Å². The molecule has 4 rings (SSSR count). The van der Waals surface area contributed by atoms with Gasteiger partial charge in [0, 0.05) is 26.2 Å². The molecule has 0 unspecified atom stereocenters. The normalized spacial score (nSPS) is 20.4. The molecule has 29 heavy (non-hydrogen) atoms. The second kappa shape index (κ2) is 8.12. The monoisotopic (exact) mass is 418 g/mol. The molecule has 1 amide bonds. The Morgan fingerprint density at radius 1 is 1.00 bits per heavy atom. The Bertz CT molecular complexity index is 994. The molecule has 1 atom stereocenters. The number of para-hydroxylation sites is 1. The number of carbonyl (C=O) groups is 1. The Hall–Kier alpha value is -2.45. The summed E-state index contributed by atoms with van der Waals surface area (Å²) in [7, 11) is -3.71. The van der Waals surface area contributed by atoms with Crippen LogP contribution in [0.2, 0.25) is 0 Å². The highest BCUT2D eigenvalue weighted by molar-refractivity contribution is 7.89. The summed E-state index contributed by atoms with van der Waals surface area (Å²) in [5.74, 6) is 0.0857. The standard InChI is InChI=1S/C21H23FN2O4S/c22-18-6-8-19(9-7-18)29(26,27)24-11-3-10-23(12-13-24)21(25)17-14-16-4-1-2-5-20(16)28-15-17/h1-2,4-9,17H,3,10-15H2/t17-/m0/s1. The Morgan fingerprint density at radius 2 is 1.76 bits per heavy atom. The van der Waals surface area contributed by atoms with Crippen LogP contribution in [0, 0.1) is 11.7 Å². The van der Waals surface area contributed by atoms with Crippen molar-refractivity contribution in [2.75, 3.05) is 32.8 Å². The summed E-state index contributed by atoms with van der Waals surface area (Å²) in [6, 6.07) is 12.5. The van der Waals surface area contributed by atoms with Gasteiger partial charge >= 0.3 is 0 Å². The lowest BCUT2D eigenvalue weighted by Gasteiger charge is -2.29. The van der Waals surface area contributed by atoms with Crippen molar-refractivity contribution in [3.8, 4) is 5.75 Å². The molecule has 2 aliphatic rings. The van der Waals surface area contributed by atoms with Crippen molar-refractivity contribution in [2.45, 2.75) is 17.7 Å². The van der Waals surface area contributed by atoms with Crippen LogP contribution in [0.1, 0.15) is 12.0 Å². The zero-order valence-corrected chi connectivity index (χ0v) is 16.8. The van der Waals surface area contributed by atoms with Gasteiger partial charge < -0.3 is 9.64 Å². The number of rotatable bonds is 3. The van der Waals surface area contributed by atoms with Crippen molar-refractivity contribution in [1.82, 2.24) is 9.21 Å². The largest absolute Gasteiger partial charge is 0.492 e. The first-order valence-electron chi connectivity index (χ1n) is 9.70. The minimum atomic E-state index is -3.71. The molecule has 2 heterocycles. The Labute approximate surface area is 169 Å². The lowest BCUT2D eigenvalue weighted by Crippen LogP contribution is -2.43. The van der Waals surface area contributed by atoms with Crippen molar-refractivity contribution in [3.63, 3.8) is 0 Å². The first kappa shape index (κ1) is 19.8. The van der Waals surface area contributed by atoms with Gasteiger partial charge in [-0.05, 0) is 48.7 Å². The molecule has 2 aromatic carbocycles. The number of fused-ring (bicyclic) bond motifs is 1. The Morgan fingerprint density at radius 3 is 2.55 bits per heavy atom. The lowest BCUT2D eigenvalue weighted by molar-refractivity contribution is -0.136. The third-order valence-corrected chi connectivity index (χ3v) is 7.36. The van der Waals surface area contributed by atoms with Gasteiger partial charge in [0.25, 0.3) is 0 Å². The molecule has 0 bridgehead atoms. The van der Waals surface area contributed by atoms with Crippen LogP contribution in [-0.4, -0.2) is 56.3 Å². The van der Waals surface area contributed by atoms with Gasteiger partial charge in [0.05, 0.1) is 10.8 Å². The molecule has 6 nitrogen and oxygen atoms in total. The molecule has 0 aliphatic carbocycles. The molecule has 0 radical (unpaired) electrons. The third kappa shape index (κ3) is 4.13. The van der Waals surface area contributed by atoms with E-state index in [0.717, 1.165) is 23.4 Å². The quantitative estimate of drug-likeness (QED) is 0.767. The van der Waals surface area contributed by atoms with E-state index >= 15 is 0 Å². The van der Waals surface area contributed by atoms with Crippen LogP contribution in [0.15, 0.2) is 53.4 Å². The van der Waals surface area contributed by atoms with Gasteiger partial charge in [-0.25, -0.2) is 12.8 Å². The first-order valence-corrected chi connectivity index (χ1v) is 11.1. The number of hydrogen-bond acceptors (Lipinski definition) is 4. The molecular formula is C21H23FN2O4S. The van der Waals surface area contributed by atoms with E-state index in [1.807, 2.05) is 24.3 Å². The molecule has 1 saturated heterocycles. The van der Waals surface area contributed by atoms with E-state index in [2.05, 4.69) is 0 Å². The second-order valence-electron chi connectivity index (χ2n) is 7.36. The number of halogens is 1. The highest BCUT2D eigenvalue weighted by Gasteiger charge is 2.32. The molecule has 2 aromatic rings. The van der Waals surface area contributed by atoms with E-state index in [1.54, 1.807) is 4.90 Å². The molecule has 0 aromatic heterocycles. The number of nitrogens with zero attached hydrogens (tertiary/aromatic N) is 2. The zero-order chi connectivity index (χ0) is 20.4. The maximum atomic E-state index is 13.1. The summed E-state index contributed by atoms with van der Waals surface area (Å²) in [6.45, 7) is 1.72. The summed E-state index contributed by atoms with van der Waals surface area (Å²) >= 11 is 0. The van der Waals surface area contributed by atoms with Crippen molar-refractivity contribution in [3.05, 3.63) is 59.9 Å². The SMILES string of the molecule is O=C([C@@H]1COc2ccccc2C1)N1CCCN(S(=O)(=O)c2ccc(F)cc2)CC1. The highest BCUT2D eigenvalue weighted by atomic mass is 32.2. The van der Waals surface area contributed by atoms with Crippen LogP contribution < -0.4 is 4.74 Å². The maximum absolute atomic E-state index is 13.1. The predicted molar refractivity (Wildman–Crippen MR) is 105 cm³/mol. The van der Waals surface area contributed by atoms with Gasteiger partial charge in [-0.15, -0.1) is 0 Å². The van der Waals surface area contributed by atoms with Crippen molar-refractivity contribution >= 4 is 15.9 Å². The lowest BCUT2D eigenvalue weighted by atomic mass is 9.95. The number of amides is 1. The van der Waals surface area contributed by atoms with Crippen molar-refractivity contribution < 1.29 is 22.3 Å². The van der Waals surface area contributed by atoms with Gasteiger partial charge in [-0.1, -0.05) is 18.2 Å². The van der Waals surface area contributed by atoms with E-state index in [1.165, 1.54) is 16.4 Å². The van der Waals surface area contributed by atoms with E-state index in [4.69, 9.17) is 4.74 Å². The summed E-state index contributed by atoms with van der Waals surface area (Å²) in [4.78, 5) is 14.8. The van der Waals surface area contributed by atoms with Crippen LogP contribution in [0.25, 0.3) is 0 Å². The molecule has 154 valence electrons. The van der Waals surface area contributed by atoms with E-state index < -0.39 is 15.8 Å². The molecule has 2 aliphatic heterocycles. The third-order valence-electron chi connectivity index (χ3n) is 5.45. The summed E-state index contributed by atoms with van der Waals surface area (Å²) in [6.07, 6.45) is 1.18. The van der Waals surface area contributed by atoms with Gasteiger partial charge in [-0.3, -0.25) is 4.79 Å². The van der Waals surface area contributed by atoms with Crippen LogP contribution >= 0.6 is 0 Å². The van der Waals surface area contributed by atoms with Gasteiger partial charge in [0.2, 0.25) is 15.9 Å². The van der Waals surface area contributed by atoms with Crippen molar-refractivity contribution in [2.24, 2.45) is 5.92 Å².